The third-order valence-corrected chi connectivity index (χ3v) is 5.93. The second-order valence-corrected chi connectivity index (χ2v) is 8.38. The van der Waals surface area contributed by atoms with Crippen LogP contribution in [0.25, 0.3) is 6.08 Å². The smallest absolute Gasteiger partial charge is 0.270 e. The van der Waals surface area contributed by atoms with E-state index in [0.717, 1.165) is 34.4 Å². The Bertz CT molecular complexity index is 1050. The van der Waals surface area contributed by atoms with Gasteiger partial charge in [-0.25, -0.2) is 0 Å². The van der Waals surface area contributed by atoms with Gasteiger partial charge in [-0.3, -0.25) is 19.8 Å². The van der Waals surface area contributed by atoms with E-state index >= 15 is 0 Å². The van der Waals surface area contributed by atoms with Crippen LogP contribution in [0.1, 0.15) is 11.1 Å². The summed E-state index contributed by atoms with van der Waals surface area (Å²) in [6.45, 7) is 5.09. The number of thiocarbonyl (C=S) groups is 1. The van der Waals surface area contributed by atoms with Gasteiger partial charge in [0.15, 0.2) is 5.11 Å². The predicted molar refractivity (Wildman–Crippen MR) is 125 cm³/mol. The van der Waals surface area contributed by atoms with E-state index in [9.17, 15) is 9.59 Å². The van der Waals surface area contributed by atoms with Crippen molar-refractivity contribution in [3.05, 3.63) is 63.6 Å². The Balaban J connectivity index is 1.64. The van der Waals surface area contributed by atoms with E-state index < -0.39 is 11.8 Å². The molecule has 0 atom stereocenters. The molecule has 4 rings (SSSR count). The van der Waals surface area contributed by atoms with Crippen molar-refractivity contribution in [2.45, 2.75) is 6.92 Å². The number of carbonyl (C=O) groups excluding carboxylic acids is 2. The summed E-state index contributed by atoms with van der Waals surface area (Å²) in [4.78, 5) is 29.3. The summed E-state index contributed by atoms with van der Waals surface area (Å²) >= 11 is 8.63. The van der Waals surface area contributed by atoms with Crippen LogP contribution in [0.5, 0.6) is 0 Å². The molecule has 2 heterocycles. The Morgan fingerprint density at radius 1 is 1.07 bits per heavy atom. The molecule has 2 aromatic carbocycles. The molecule has 6 nitrogen and oxygen atoms in total. The highest BCUT2D eigenvalue weighted by Gasteiger charge is 2.34. The van der Waals surface area contributed by atoms with Gasteiger partial charge in [0, 0.05) is 23.2 Å². The topological polar surface area (TPSA) is 61.9 Å². The van der Waals surface area contributed by atoms with Crippen LogP contribution in [0.3, 0.4) is 0 Å². The quantitative estimate of drug-likeness (QED) is 0.410. The number of halogens is 1. The largest absolute Gasteiger partial charge is 0.378 e. The predicted octanol–water partition coefficient (Wildman–Crippen LogP) is 3.43. The number of aryl methyl sites for hydroxylation is 1. The average molecular weight is 486 g/mol. The summed E-state index contributed by atoms with van der Waals surface area (Å²) in [5, 5.41) is 2.69. The van der Waals surface area contributed by atoms with E-state index in [0.29, 0.717) is 18.9 Å². The van der Waals surface area contributed by atoms with Crippen molar-refractivity contribution in [3.8, 4) is 0 Å². The molecular weight excluding hydrogens is 466 g/mol. The van der Waals surface area contributed by atoms with E-state index in [2.05, 4.69) is 32.2 Å². The zero-order valence-corrected chi connectivity index (χ0v) is 18.8. The molecule has 30 heavy (non-hydrogen) atoms. The van der Waals surface area contributed by atoms with Crippen LogP contribution in [0.2, 0.25) is 0 Å². The number of nitrogens with zero attached hydrogens (tertiary/aromatic N) is 2. The molecule has 2 amide bonds. The van der Waals surface area contributed by atoms with Crippen molar-refractivity contribution in [1.82, 2.24) is 5.32 Å². The second kappa shape index (κ2) is 8.67. The highest BCUT2D eigenvalue weighted by Crippen LogP contribution is 2.26. The zero-order valence-electron chi connectivity index (χ0n) is 16.4. The molecule has 0 radical (unpaired) electrons. The number of morpholine rings is 1. The van der Waals surface area contributed by atoms with Crippen LogP contribution >= 0.6 is 28.1 Å². The van der Waals surface area contributed by atoms with Crippen molar-refractivity contribution < 1.29 is 14.3 Å². The number of nitrogens with one attached hydrogen (secondary N) is 1. The summed E-state index contributed by atoms with van der Waals surface area (Å²) < 4.78 is 6.30. The van der Waals surface area contributed by atoms with E-state index in [-0.39, 0.29) is 10.7 Å². The lowest BCUT2D eigenvalue weighted by molar-refractivity contribution is -0.122. The number of ether oxygens (including phenoxy) is 1. The molecule has 0 saturated carbocycles. The van der Waals surface area contributed by atoms with Crippen molar-refractivity contribution in [2.24, 2.45) is 0 Å². The number of anilines is 2. The highest BCUT2D eigenvalue weighted by atomic mass is 79.9. The molecule has 2 aliphatic rings. The molecule has 0 aliphatic carbocycles. The maximum atomic E-state index is 13.1. The summed E-state index contributed by atoms with van der Waals surface area (Å²) in [6.07, 6.45) is 1.63. The third kappa shape index (κ3) is 4.16. The second-order valence-electron chi connectivity index (χ2n) is 7.07. The van der Waals surface area contributed by atoms with Crippen molar-refractivity contribution in [1.29, 1.82) is 0 Å². The lowest BCUT2D eigenvalue weighted by Crippen LogP contribution is -2.54. The maximum Gasteiger partial charge on any atom is 0.270 e. The van der Waals surface area contributed by atoms with Gasteiger partial charge in [-0.1, -0.05) is 22.0 Å². The lowest BCUT2D eigenvalue weighted by atomic mass is 10.0. The van der Waals surface area contributed by atoms with Gasteiger partial charge in [0.2, 0.25) is 0 Å². The molecule has 1 N–H and O–H groups in total. The highest BCUT2D eigenvalue weighted by molar-refractivity contribution is 9.10. The normalized spacial score (nSPS) is 18.7. The molecule has 2 aromatic rings. The summed E-state index contributed by atoms with van der Waals surface area (Å²) in [5.41, 5.74) is 3.55. The zero-order chi connectivity index (χ0) is 21.3. The Kier molecular flexibility index (Phi) is 5.99. The molecule has 8 heteroatoms. The molecule has 2 saturated heterocycles. The first kappa shape index (κ1) is 20.7. The maximum absolute atomic E-state index is 13.1. The molecule has 2 fully saturated rings. The van der Waals surface area contributed by atoms with Gasteiger partial charge in [0.05, 0.1) is 18.9 Å². The number of amides is 2. The van der Waals surface area contributed by atoms with Gasteiger partial charge >= 0.3 is 0 Å². The fourth-order valence-electron chi connectivity index (χ4n) is 3.48. The Morgan fingerprint density at radius 2 is 1.73 bits per heavy atom. The number of hydrogen-bond donors (Lipinski definition) is 1. The minimum Gasteiger partial charge on any atom is -0.378 e. The van der Waals surface area contributed by atoms with Gasteiger partial charge in [-0.15, -0.1) is 0 Å². The van der Waals surface area contributed by atoms with Crippen LogP contribution in [0.15, 0.2) is 52.5 Å². The van der Waals surface area contributed by atoms with Gasteiger partial charge in [0.25, 0.3) is 11.8 Å². The first-order chi connectivity index (χ1) is 14.4. The fraction of sp³-hybridized carbons (Fsp3) is 0.227. The Labute approximate surface area is 188 Å². The summed E-state index contributed by atoms with van der Waals surface area (Å²) in [6, 6.07) is 13.2. The minimum atomic E-state index is -0.491. The number of carbonyl (C=O) groups is 2. The number of benzene rings is 2. The molecule has 0 unspecified atom stereocenters. The number of hydrogen-bond acceptors (Lipinski definition) is 5. The standard InChI is InChI=1S/C22H20BrN3O3S/c1-14-12-18(25-8-10-29-11-9-25)5-2-15(14)13-19-20(27)24-22(30)26(21(19)28)17-6-3-16(23)4-7-17/h2-7,12-13H,8-11H2,1H3,(H,24,27,30)/b19-13-. The molecule has 0 bridgehead atoms. The van der Waals surface area contributed by atoms with E-state index in [1.165, 1.54) is 4.90 Å². The average Bonchev–Trinajstić information content (AvgIpc) is 2.74. The van der Waals surface area contributed by atoms with Crippen molar-refractivity contribution in [3.63, 3.8) is 0 Å². The first-order valence-electron chi connectivity index (χ1n) is 9.54. The molecule has 2 aliphatic heterocycles. The minimum absolute atomic E-state index is 0.0498. The third-order valence-electron chi connectivity index (χ3n) is 5.12. The van der Waals surface area contributed by atoms with E-state index in [1.54, 1.807) is 18.2 Å². The van der Waals surface area contributed by atoms with Gasteiger partial charge in [-0.05, 0) is 72.7 Å². The van der Waals surface area contributed by atoms with E-state index in [4.69, 9.17) is 17.0 Å². The number of rotatable bonds is 3. The van der Waals surface area contributed by atoms with Gasteiger partial charge in [0.1, 0.15) is 5.57 Å². The summed E-state index contributed by atoms with van der Waals surface area (Å²) in [5.74, 6) is -0.933. The first-order valence-corrected chi connectivity index (χ1v) is 10.7. The molecule has 0 spiro atoms. The van der Waals surface area contributed by atoms with Crippen LogP contribution < -0.4 is 15.1 Å². The Morgan fingerprint density at radius 3 is 2.40 bits per heavy atom. The molecule has 0 aromatic heterocycles. The lowest BCUT2D eigenvalue weighted by Gasteiger charge is -2.30. The van der Waals surface area contributed by atoms with Crippen molar-refractivity contribution >= 4 is 62.5 Å². The van der Waals surface area contributed by atoms with Crippen molar-refractivity contribution in [2.75, 3.05) is 36.1 Å². The SMILES string of the molecule is Cc1cc(N2CCOCC2)ccc1/C=C1/C(=O)NC(=S)N(c2ccc(Br)cc2)C1=O. The van der Waals surface area contributed by atoms with E-state index in [1.807, 2.05) is 31.2 Å². The van der Waals surface area contributed by atoms with Crippen LogP contribution in [-0.2, 0) is 14.3 Å². The Hall–Kier alpha value is -2.55. The monoisotopic (exact) mass is 485 g/mol. The molecular formula is C22H20BrN3O3S. The van der Waals surface area contributed by atoms with Gasteiger partial charge in [-0.2, -0.15) is 0 Å². The van der Waals surface area contributed by atoms with Crippen LogP contribution in [0.4, 0.5) is 11.4 Å². The van der Waals surface area contributed by atoms with Crippen LogP contribution in [0, 0.1) is 6.92 Å². The van der Waals surface area contributed by atoms with Crippen LogP contribution in [-0.4, -0.2) is 43.2 Å². The fourth-order valence-corrected chi connectivity index (χ4v) is 4.02. The van der Waals surface area contributed by atoms with Gasteiger partial charge < -0.3 is 9.64 Å². The molecule has 154 valence electrons. The summed E-state index contributed by atoms with van der Waals surface area (Å²) in [7, 11) is 0.